The summed E-state index contributed by atoms with van der Waals surface area (Å²) in [7, 11) is 1.59. The van der Waals surface area contributed by atoms with Gasteiger partial charge in [0, 0.05) is 17.1 Å². The van der Waals surface area contributed by atoms with Crippen molar-refractivity contribution in [3.8, 4) is 5.75 Å². The van der Waals surface area contributed by atoms with Crippen LogP contribution < -0.4 is 15.4 Å². The molecule has 0 unspecified atom stereocenters. The summed E-state index contributed by atoms with van der Waals surface area (Å²) < 4.78 is 5.09. The summed E-state index contributed by atoms with van der Waals surface area (Å²) in [4.78, 5) is 16.5. The lowest BCUT2D eigenvalue weighted by Gasteiger charge is -2.08. The number of hydrogen-bond acceptors (Lipinski definition) is 4. The Morgan fingerprint density at radius 3 is 2.41 bits per heavy atom. The third kappa shape index (κ3) is 5.46. The highest BCUT2D eigenvalue weighted by Crippen LogP contribution is 2.15. The van der Waals surface area contributed by atoms with Crippen LogP contribution in [-0.4, -0.2) is 24.5 Å². The van der Waals surface area contributed by atoms with Crippen LogP contribution in [0.3, 0.4) is 0 Å². The van der Waals surface area contributed by atoms with Gasteiger partial charge in [-0.3, -0.25) is 4.79 Å². The van der Waals surface area contributed by atoms with Gasteiger partial charge in [0.15, 0.2) is 0 Å². The van der Waals surface area contributed by atoms with Crippen LogP contribution in [0.1, 0.15) is 15.9 Å². The standard InChI is InChI=1S/C21H20ClN3O2/c1-27-19-9-4-16(5-10-19)21(26)25-20-11-8-18(14-24-20)23-13-12-15-2-6-17(22)7-3-15/h2-11,14,23H,12-13H2,1H3,(H,24,25,26). The number of carbonyl (C=O) groups excluding carboxylic acids is 1. The molecule has 138 valence electrons. The lowest BCUT2D eigenvalue weighted by Crippen LogP contribution is -2.13. The lowest BCUT2D eigenvalue weighted by atomic mass is 10.1. The van der Waals surface area contributed by atoms with Gasteiger partial charge in [-0.05, 0) is 60.5 Å². The zero-order valence-electron chi connectivity index (χ0n) is 14.9. The molecule has 0 bridgehead atoms. The average Bonchev–Trinajstić information content (AvgIpc) is 2.71. The van der Waals surface area contributed by atoms with Crippen LogP contribution in [0.25, 0.3) is 0 Å². The summed E-state index contributed by atoms with van der Waals surface area (Å²) in [5.41, 5.74) is 2.65. The van der Waals surface area contributed by atoms with Gasteiger partial charge >= 0.3 is 0 Å². The molecule has 5 nitrogen and oxygen atoms in total. The quantitative estimate of drug-likeness (QED) is 0.625. The number of anilines is 2. The Bertz CT molecular complexity index is 879. The minimum absolute atomic E-state index is 0.214. The number of amides is 1. The van der Waals surface area contributed by atoms with E-state index in [0.29, 0.717) is 17.1 Å². The number of carbonyl (C=O) groups is 1. The Hall–Kier alpha value is -3.05. The largest absolute Gasteiger partial charge is 0.497 e. The van der Waals surface area contributed by atoms with Crippen molar-refractivity contribution in [2.75, 3.05) is 24.3 Å². The smallest absolute Gasteiger partial charge is 0.256 e. The minimum atomic E-state index is -0.214. The Labute approximate surface area is 163 Å². The van der Waals surface area contributed by atoms with E-state index in [1.807, 2.05) is 30.3 Å². The van der Waals surface area contributed by atoms with Crippen molar-refractivity contribution in [3.05, 3.63) is 83.0 Å². The summed E-state index contributed by atoms with van der Waals surface area (Å²) in [6.07, 6.45) is 2.58. The first-order valence-corrected chi connectivity index (χ1v) is 8.91. The summed E-state index contributed by atoms with van der Waals surface area (Å²) >= 11 is 5.89. The number of nitrogens with one attached hydrogen (secondary N) is 2. The fourth-order valence-corrected chi connectivity index (χ4v) is 2.63. The van der Waals surface area contributed by atoms with E-state index in [4.69, 9.17) is 16.3 Å². The highest BCUT2D eigenvalue weighted by Gasteiger charge is 2.07. The van der Waals surface area contributed by atoms with Crippen molar-refractivity contribution in [1.29, 1.82) is 0 Å². The van der Waals surface area contributed by atoms with Gasteiger partial charge in [-0.25, -0.2) is 4.98 Å². The molecule has 1 heterocycles. The maximum absolute atomic E-state index is 12.2. The highest BCUT2D eigenvalue weighted by molar-refractivity contribution is 6.30. The van der Waals surface area contributed by atoms with Crippen molar-refractivity contribution < 1.29 is 9.53 Å². The van der Waals surface area contributed by atoms with Crippen LogP contribution in [0.15, 0.2) is 66.9 Å². The molecule has 2 N–H and O–H groups in total. The molecule has 27 heavy (non-hydrogen) atoms. The molecule has 0 aliphatic carbocycles. The first-order chi connectivity index (χ1) is 13.1. The van der Waals surface area contributed by atoms with E-state index in [0.717, 1.165) is 23.7 Å². The molecule has 1 amide bonds. The third-order valence-electron chi connectivity index (χ3n) is 4.01. The van der Waals surface area contributed by atoms with E-state index in [2.05, 4.69) is 15.6 Å². The van der Waals surface area contributed by atoms with Gasteiger partial charge in [0.2, 0.25) is 0 Å². The SMILES string of the molecule is COc1ccc(C(=O)Nc2ccc(NCCc3ccc(Cl)cc3)cn2)cc1. The van der Waals surface area contributed by atoms with E-state index < -0.39 is 0 Å². The van der Waals surface area contributed by atoms with Crippen molar-refractivity contribution in [2.45, 2.75) is 6.42 Å². The van der Waals surface area contributed by atoms with E-state index in [-0.39, 0.29) is 5.91 Å². The molecular formula is C21H20ClN3O2. The maximum atomic E-state index is 12.2. The Balaban J connectivity index is 1.50. The van der Waals surface area contributed by atoms with Crippen LogP contribution in [0.4, 0.5) is 11.5 Å². The normalized spacial score (nSPS) is 10.3. The van der Waals surface area contributed by atoms with Gasteiger partial charge in [0.05, 0.1) is 19.0 Å². The second-order valence-corrected chi connectivity index (χ2v) is 6.35. The summed E-state index contributed by atoms with van der Waals surface area (Å²) in [6.45, 7) is 0.779. The molecule has 6 heteroatoms. The molecule has 0 spiro atoms. The van der Waals surface area contributed by atoms with Crippen molar-refractivity contribution >= 4 is 29.0 Å². The zero-order valence-corrected chi connectivity index (χ0v) is 15.7. The molecule has 3 rings (SSSR count). The number of hydrogen-bond donors (Lipinski definition) is 2. The van der Waals surface area contributed by atoms with Gasteiger partial charge in [-0.1, -0.05) is 23.7 Å². The average molecular weight is 382 g/mol. The number of halogens is 1. The van der Waals surface area contributed by atoms with Gasteiger partial charge in [0.1, 0.15) is 11.6 Å². The monoisotopic (exact) mass is 381 g/mol. The molecule has 0 fully saturated rings. The number of rotatable bonds is 7. The zero-order chi connectivity index (χ0) is 19.1. The molecular weight excluding hydrogens is 362 g/mol. The van der Waals surface area contributed by atoms with Gasteiger partial charge in [-0.15, -0.1) is 0 Å². The summed E-state index contributed by atoms with van der Waals surface area (Å²) in [5.74, 6) is 0.992. The highest BCUT2D eigenvalue weighted by atomic mass is 35.5. The number of benzene rings is 2. The molecule has 0 atom stereocenters. The fourth-order valence-electron chi connectivity index (χ4n) is 2.51. The van der Waals surface area contributed by atoms with E-state index in [1.54, 1.807) is 43.6 Å². The lowest BCUT2D eigenvalue weighted by molar-refractivity contribution is 0.102. The summed E-state index contributed by atoms with van der Waals surface area (Å²) in [5, 5.41) is 6.83. The number of methoxy groups -OCH3 is 1. The first-order valence-electron chi connectivity index (χ1n) is 8.54. The van der Waals surface area contributed by atoms with Crippen LogP contribution in [0.5, 0.6) is 5.75 Å². The topological polar surface area (TPSA) is 63.2 Å². The van der Waals surface area contributed by atoms with Gasteiger partial charge in [-0.2, -0.15) is 0 Å². The van der Waals surface area contributed by atoms with Crippen LogP contribution in [-0.2, 0) is 6.42 Å². The number of ether oxygens (including phenoxy) is 1. The molecule has 0 radical (unpaired) electrons. The maximum Gasteiger partial charge on any atom is 0.256 e. The molecule has 0 saturated carbocycles. The molecule has 2 aromatic carbocycles. The predicted octanol–water partition coefficient (Wildman–Crippen LogP) is 4.65. The minimum Gasteiger partial charge on any atom is -0.497 e. The van der Waals surface area contributed by atoms with Gasteiger partial charge < -0.3 is 15.4 Å². The van der Waals surface area contributed by atoms with E-state index >= 15 is 0 Å². The van der Waals surface area contributed by atoms with Gasteiger partial charge in [0.25, 0.3) is 5.91 Å². The second kappa shape index (κ2) is 9.05. The second-order valence-electron chi connectivity index (χ2n) is 5.92. The number of pyridine rings is 1. The van der Waals surface area contributed by atoms with Crippen LogP contribution in [0.2, 0.25) is 5.02 Å². The first kappa shape index (κ1) is 18.7. The predicted molar refractivity (Wildman–Crippen MR) is 109 cm³/mol. The molecule has 0 saturated heterocycles. The Kier molecular flexibility index (Phi) is 6.28. The Morgan fingerprint density at radius 2 is 1.78 bits per heavy atom. The summed E-state index contributed by atoms with van der Waals surface area (Å²) in [6, 6.07) is 18.4. The molecule has 3 aromatic rings. The van der Waals surface area contributed by atoms with Crippen molar-refractivity contribution in [3.63, 3.8) is 0 Å². The molecule has 1 aromatic heterocycles. The van der Waals surface area contributed by atoms with Crippen LogP contribution in [0, 0.1) is 0 Å². The molecule has 0 aliphatic rings. The third-order valence-corrected chi connectivity index (χ3v) is 4.27. The van der Waals surface area contributed by atoms with E-state index in [9.17, 15) is 4.79 Å². The number of aromatic nitrogens is 1. The Morgan fingerprint density at radius 1 is 1.04 bits per heavy atom. The van der Waals surface area contributed by atoms with E-state index in [1.165, 1.54) is 5.56 Å². The molecule has 0 aliphatic heterocycles. The number of nitrogens with zero attached hydrogens (tertiary/aromatic N) is 1. The van der Waals surface area contributed by atoms with Crippen molar-refractivity contribution in [1.82, 2.24) is 4.98 Å². The van der Waals surface area contributed by atoms with Crippen molar-refractivity contribution in [2.24, 2.45) is 0 Å². The van der Waals surface area contributed by atoms with Crippen LogP contribution >= 0.6 is 11.6 Å². The fraction of sp³-hybridized carbons (Fsp3) is 0.143.